The first kappa shape index (κ1) is 18.1. The Morgan fingerprint density at radius 1 is 1.05 bits per heavy atom. The van der Waals surface area contributed by atoms with Crippen molar-refractivity contribution in [3.05, 3.63) is 11.4 Å². The van der Waals surface area contributed by atoms with Gasteiger partial charge in [-0.1, -0.05) is 19.8 Å². The number of nitrogens with one attached hydrogen (secondary N) is 2. The summed E-state index contributed by atoms with van der Waals surface area (Å²) in [4.78, 5) is 9.21. The van der Waals surface area contributed by atoms with E-state index in [0.717, 1.165) is 42.4 Å². The third-order valence-electron chi connectivity index (χ3n) is 3.47. The molecule has 0 aliphatic carbocycles. The van der Waals surface area contributed by atoms with Crippen LogP contribution in [0.15, 0.2) is 0 Å². The van der Waals surface area contributed by atoms with Crippen molar-refractivity contribution in [2.75, 3.05) is 36.2 Å². The van der Waals surface area contributed by atoms with Gasteiger partial charge in [-0.15, -0.1) is 0 Å². The number of hydrogen-bond acceptors (Lipinski definition) is 5. The van der Waals surface area contributed by atoms with E-state index in [1.165, 1.54) is 31.4 Å². The minimum absolute atomic E-state index is 0.926. The highest BCUT2D eigenvalue weighted by Gasteiger charge is 2.09. The smallest absolute Gasteiger partial charge is 0.134 e. The van der Waals surface area contributed by atoms with E-state index in [0.29, 0.717) is 0 Å². The standard InChI is InChI=1S/C16H30N4S/c1-5-10-14-19-15(17-3)13(2)16(20-14)18-11-8-6-7-9-12-21-4/h5-12H2,1-4H3,(H2,17,18,19,20). The van der Waals surface area contributed by atoms with Gasteiger partial charge in [0.1, 0.15) is 17.5 Å². The van der Waals surface area contributed by atoms with Crippen LogP contribution in [-0.4, -0.2) is 35.6 Å². The molecule has 5 heteroatoms. The monoisotopic (exact) mass is 310 g/mol. The molecule has 0 unspecified atom stereocenters. The number of hydrogen-bond donors (Lipinski definition) is 2. The molecule has 0 atom stereocenters. The molecule has 0 aliphatic heterocycles. The van der Waals surface area contributed by atoms with Gasteiger partial charge in [0.15, 0.2) is 0 Å². The number of nitrogens with zero attached hydrogens (tertiary/aromatic N) is 2. The Hall–Kier alpha value is -0.970. The molecule has 0 bridgehead atoms. The summed E-state index contributed by atoms with van der Waals surface area (Å²) in [5.74, 6) is 4.14. The van der Waals surface area contributed by atoms with Crippen LogP contribution in [0.25, 0.3) is 0 Å². The van der Waals surface area contributed by atoms with Crippen molar-refractivity contribution in [2.45, 2.75) is 52.4 Å². The second-order valence-corrected chi connectivity index (χ2v) is 6.28. The van der Waals surface area contributed by atoms with Gasteiger partial charge in [-0.3, -0.25) is 0 Å². The number of thioether (sulfide) groups is 1. The first-order chi connectivity index (χ1) is 10.2. The normalized spacial score (nSPS) is 10.7. The molecule has 1 aromatic rings. The minimum atomic E-state index is 0.926. The van der Waals surface area contributed by atoms with Crippen molar-refractivity contribution in [3.8, 4) is 0 Å². The van der Waals surface area contributed by atoms with Crippen molar-refractivity contribution in [2.24, 2.45) is 0 Å². The Balaban J connectivity index is 2.47. The molecule has 1 heterocycles. The van der Waals surface area contributed by atoms with Gasteiger partial charge >= 0.3 is 0 Å². The topological polar surface area (TPSA) is 49.8 Å². The van der Waals surface area contributed by atoms with E-state index in [-0.39, 0.29) is 0 Å². The number of aromatic nitrogens is 2. The van der Waals surface area contributed by atoms with Crippen molar-refractivity contribution < 1.29 is 0 Å². The van der Waals surface area contributed by atoms with Crippen molar-refractivity contribution in [1.29, 1.82) is 0 Å². The molecule has 0 saturated heterocycles. The van der Waals surface area contributed by atoms with Gasteiger partial charge < -0.3 is 10.6 Å². The predicted octanol–water partition coefficient (Wildman–Crippen LogP) is 4.11. The van der Waals surface area contributed by atoms with E-state index in [1.54, 1.807) is 0 Å². The van der Waals surface area contributed by atoms with Gasteiger partial charge in [-0.25, -0.2) is 9.97 Å². The molecule has 0 aliphatic rings. The van der Waals surface area contributed by atoms with Crippen LogP contribution in [0.3, 0.4) is 0 Å². The highest BCUT2D eigenvalue weighted by Crippen LogP contribution is 2.20. The number of unbranched alkanes of at least 4 members (excludes halogenated alkanes) is 3. The lowest BCUT2D eigenvalue weighted by molar-refractivity contribution is 0.687. The Kier molecular flexibility index (Phi) is 9.22. The van der Waals surface area contributed by atoms with Gasteiger partial charge in [0.05, 0.1) is 0 Å². The van der Waals surface area contributed by atoms with E-state index in [1.807, 2.05) is 18.8 Å². The molecule has 0 amide bonds. The Bertz CT molecular complexity index is 410. The molecule has 0 spiro atoms. The molecule has 120 valence electrons. The second kappa shape index (κ2) is 10.7. The lowest BCUT2D eigenvalue weighted by Crippen LogP contribution is -2.10. The fourth-order valence-corrected chi connectivity index (χ4v) is 2.74. The maximum Gasteiger partial charge on any atom is 0.134 e. The second-order valence-electron chi connectivity index (χ2n) is 5.30. The molecule has 1 rings (SSSR count). The predicted molar refractivity (Wildman–Crippen MR) is 95.7 cm³/mol. The zero-order chi connectivity index (χ0) is 15.5. The third-order valence-corrected chi connectivity index (χ3v) is 4.17. The number of anilines is 2. The molecule has 1 aromatic heterocycles. The maximum atomic E-state index is 4.65. The van der Waals surface area contributed by atoms with Crippen LogP contribution < -0.4 is 10.6 Å². The first-order valence-electron chi connectivity index (χ1n) is 8.01. The van der Waals surface area contributed by atoms with E-state index in [4.69, 9.17) is 0 Å². The molecule has 21 heavy (non-hydrogen) atoms. The molecule has 4 nitrogen and oxygen atoms in total. The summed E-state index contributed by atoms with van der Waals surface area (Å²) in [5.41, 5.74) is 1.11. The summed E-state index contributed by atoms with van der Waals surface area (Å²) < 4.78 is 0. The van der Waals surface area contributed by atoms with Crippen LogP contribution in [0.2, 0.25) is 0 Å². The highest BCUT2D eigenvalue weighted by molar-refractivity contribution is 7.98. The van der Waals surface area contributed by atoms with E-state index < -0.39 is 0 Å². The average molecular weight is 311 g/mol. The van der Waals surface area contributed by atoms with Crippen LogP contribution in [0.4, 0.5) is 11.6 Å². The molecular formula is C16H30N4S. The van der Waals surface area contributed by atoms with Gasteiger partial charge in [0, 0.05) is 25.6 Å². The Labute approximate surface area is 133 Å². The lowest BCUT2D eigenvalue weighted by Gasteiger charge is -2.13. The summed E-state index contributed by atoms with van der Waals surface area (Å²) in [6.45, 7) is 5.22. The fourth-order valence-electron chi connectivity index (χ4n) is 2.25. The van der Waals surface area contributed by atoms with Crippen molar-refractivity contribution in [1.82, 2.24) is 9.97 Å². The van der Waals surface area contributed by atoms with Crippen LogP contribution >= 0.6 is 11.8 Å². The number of aryl methyl sites for hydroxylation is 1. The molecular weight excluding hydrogens is 280 g/mol. The quantitative estimate of drug-likeness (QED) is 0.602. The van der Waals surface area contributed by atoms with Crippen LogP contribution in [0, 0.1) is 6.92 Å². The number of rotatable bonds is 11. The summed E-state index contributed by atoms with van der Waals surface area (Å²) in [6, 6.07) is 0. The lowest BCUT2D eigenvalue weighted by atomic mass is 10.2. The summed E-state index contributed by atoms with van der Waals surface area (Å²) in [7, 11) is 1.92. The van der Waals surface area contributed by atoms with E-state index >= 15 is 0 Å². The maximum absolute atomic E-state index is 4.65. The highest BCUT2D eigenvalue weighted by atomic mass is 32.2. The molecule has 0 aromatic carbocycles. The summed E-state index contributed by atoms with van der Waals surface area (Å²) in [6.07, 6.45) is 9.33. The zero-order valence-electron chi connectivity index (χ0n) is 14.0. The van der Waals surface area contributed by atoms with Crippen LogP contribution in [0.5, 0.6) is 0 Å². The van der Waals surface area contributed by atoms with Gasteiger partial charge in [0.25, 0.3) is 0 Å². The SMILES string of the molecule is CCCc1nc(NC)c(C)c(NCCCCCCSC)n1. The van der Waals surface area contributed by atoms with E-state index in [2.05, 4.69) is 40.7 Å². The Morgan fingerprint density at radius 3 is 2.43 bits per heavy atom. The average Bonchev–Trinajstić information content (AvgIpc) is 2.49. The first-order valence-corrected chi connectivity index (χ1v) is 9.40. The van der Waals surface area contributed by atoms with Crippen LogP contribution in [-0.2, 0) is 6.42 Å². The van der Waals surface area contributed by atoms with Gasteiger partial charge in [-0.05, 0) is 38.2 Å². The Morgan fingerprint density at radius 2 is 1.76 bits per heavy atom. The van der Waals surface area contributed by atoms with Gasteiger partial charge in [-0.2, -0.15) is 11.8 Å². The summed E-state index contributed by atoms with van der Waals surface area (Å²) in [5, 5.41) is 6.65. The largest absolute Gasteiger partial charge is 0.373 e. The van der Waals surface area contributed by atoms with Crippen molar-refractivity contribution in [3.63, 3.8) is 0 Å². The molecule has 0 saturated carbocycles. The fraction of sp³-hybridized carbons (Fsp3) is 0.750. The zero-order valence-corrected chi connectivity index (χ0v) is 14.8. The molecule has 0 radical (unpaired) electrons. The molecule has 2 N–H and O–H groups in total. The molecule has 0 fully saturated rings. The van der Waals surface area contributed by atoms with Gasteiger partial charge in [0.2, 0.25) is 0 Å². The van der Waals surface area contributed by atoms with Crippen LogP contribution in [0.1, 0.15) is 50.4 Å². The van der Waals surface area contributed by atoms with E-state index in [9.17, 15) is 0 Å². The summed E-state index contributed by atoms with van der Waals surface area (Å²) >= 11 is 1.94. The third kappa shape index (κ3) is 6.55. The minimum Gasteiger partial charge on any atom is -0.373 e. The van der Waals surface area contributed by atoms with Crippen molar-refractivity contribution >= 4 is 23.4 Å².